The van der Waals surface area contributed by atoms with Crippen LogP contribution in [0.15, 0.2) is 70.1 Å². The number of aromatic nitrogens is 1. The molecule has 24 heavy (non-hydrogen) atoms. The summed E-state index contributed by atoms with van der Waals surface area (Å²) in [4.78, 5) is 4.15. The molecule has 0 aliphatic rings. The Balaban J connectivity index is 2.16. The molecule has 7 heteroatoms. The van der Waals surface area contributed by atoms with Gasteiger partial charge in [0.25, 0.3) is 10.0 Å². The lowest BCUT2D eigenvalue weighted by atomic mass is 10.2. The lowest BCUT2D eigenvalue weighted by molar-refractivity contribution is 0.574. The average Bonchev–Trinajstić information content (AvgIpc) is 3.08. The van der Waals surface area contributed by atoms with Gasteiger partial charge in [-0.15, -0.1) is 0 Å². The highest BCUT2D eigenvalue weighted by molar-refractivity contribution is 7.89. The summed E-state index contributed by atoms with van der Waals surface area (Å²) in [6, 6.07) is 19.6. The van der Waals surface area contributed by atoms with Gasteiger partial charge in [0.2, 0.25) is 10.9 Å². The Morgan fingerprint density at radius 3 is 2.17 bits per heavy atom. The summed E-state index contributed by atoms with van der Waals surface area (Å²) < 4.78 is 32.8. The molecule has 0 aliphatic carbocycles. The van der Waals surface area contributed by atoms with Crippen molar-refractivity contribution in [2.75, 3.05) is 6.54 Å². The molecule has 1 N–H and O–H groups in total. The molecule has 6 nitrogen and oxygen atoms in total. The monoisotopic (exact) mass is 339 g/mol. The van der Waals surface area contributed by atoms with Crippen LogP contribution in [0.5, 0.6) is 0 Å². The third-order valence-corrected chi connectivity index (χ3v) is 4.56. The highest BCUT2D eigenvalue weighted by atomic mass is 32.2. The van der Waals surface area contributed by atoms with Gasteiger partial charge < -0.3 is 4.42 Å². The molecule has 1 aromatic heterocycles. The number of nitrogens with zero attached hydrogens (tertiary/aromatic N) is 2. The molecule has 3 rings (SSSR count). The van der Waals surface area contributed by atoms with E-state index in [0.717, 1.165) is 0 Å². The van der Waals surface area contributed by atoms with Gasteiger partial charge in [-0.05, 0) is 12.1 Å². The molecule has 0 atom stereocenters. The Bertz CT molecular complexity index is 975. The summed E-state index contributed by atoms with van der Waals surface area (Å²) in [7, 11) is -3.97. The van der Waals surface area contributed by atoms with E-state index in [1.54, 1.807) is 42.5 Å². The minimum Gasteiger partial charge on any atom is -0.435 e. The van der Waals surface area contributed by atoms with E-state index in [2.05, 4.69) is 9.71 Å². The van der Waals surface area contributed by atoms with Crippen molar-refractivity contribution in [2.24, 2.45) is 0 Å². The molecule has 0 aliphatic heterocycles. The molecule has 0 amide bonds. The first-order valence-electron chi connectivity index (χ1n) is 7.10. The minimum atomic E-state index is -3.97. The largest absolute Gasteiger partial charge is 0.435 e. The maximum absolute atomic E-state index is 12.4. The Morgan fingerprint density at radius 1 is 1.00 bits per heavy atom. The summed E-state index contributed by atoms with van der Waals surface area (Å²) in [5.74, 6) is 0.340. The maximum Gasteiger partial charge on any atom is 0.262 e. The summed E-state index contributed by atoms with van der Waals surface area (Å²) in [6.07, 6.45) is 0. The van der Waals surface area contributed by atoms with Gasteiger partial charge in [0, 0.05) is 11.1 Å². The fourth-order valence-corrected chi connectivity index (χ4v) is 3.16. The first-order chi connectivity index (χ1) is 11.6. The minimum absolute atomic E-state index is 0.139. The first-order valence-corrected chi connectivity index (χ1v) is 8.58. The number of nitriles is 1. The van der Waals surface area contributed by atoms with Crippen LogP contribution in [0.4, 0.5) is 0 Å². The number of hydrogen-bond donors (Lipinski definition) is 1. The second-order valence-electron chi connectivity index (χ2n) is 4.87. The van der Waals surface area contributed by atoms with Crippen LogP contribution in [0.3, 0.4) is 0 Å². The van der Waals surface area contributed by atoms with Crippen LogP contribution >= 0.6 is 0 Å². The predicted octanol–water partition coefficient (Wildman–Crippen LogP) is 2.81. The van der Waals surface area contributed by atoms with E-state index in [1.165, 1.54) is 0 Å². The molecule has 0 saturated heterocycles. The molecule has 3 aromatic rings. The normalized spacial score (nSPS) is 11.1. The van der Waals surface area contributed by atoms with Gasteiger partial charge in [-0.1, -0.05) is 48.5 Å². The Hall–Kier alpha value is -2.95. The van der Waals surface area contributed by atoms with Crippen molar-refractivity contribution in [3.63, 3.8) is 0 Å². The highest BCUT2D eigenvalue weighted by Crippen LogP contribution is 2.32. The molecule has 0 unspecified atom stereocenters. The van der Waals surface area contributed by atoms with Gasteiger partial charge in [-0.25, -0.2) is 8.42 Å². The van der Waals surface area contributed by atoms with E-state index in [0.29, 0.717) is 11.1 Å². The van der Waals surface area contributed by atoms with Crippen molar-refractivity contribution >= 4 is 10.0 Å². The Labute approximate surface area is 139 Å². The molecule has 1 heterocycles. The summed E-state index contributed by atoms with van der Waals surface area (Å²) in [6.45, 7) is -0.343. The molecular formula is C17H13N3O3S. The molecule has 120 valence electrons. The van der Waals surface area contributed by atoms with E-state index < -0.39 is 10.0 Å². The van der Waals surface area contributed by atoms with Crippen molar-refractivity contribution in [3.05, 3.63) is 60.7 Å². The van der Waals surface area contributed by atoms with Crippen molar-refractivity contribution in [2.45, 2.75) is 5.03 Å². The van der Waals surface area contributed by atoms with Gasteiger partial charge in [0.05, 0.1) is 12.6 Å². The van der Waals surface area contributed by atoms with E-state index in [1.807, 2.05) is 24.3 Å². The van der Waals surface area contributed by atoms with Crippen LogP contribution < -0.4 is 4.72 Å². The van der Waals surface area contributed by atoms with Crippen molar-refractivity contribution < 1.29 is 12.8 Å². The van der Waals surface area contributed by atoms with Crippen molar-refractivity contribution in [1.29, 1.82) is 5.26 Å². The standard InChI is InChI=1S/C17H13N3O3S/c18-11-12-19-24(21,22)17-15(13-7-3-1-4-8-13)23-16(20-17)14-9-5-2-6-10-14/h1-10,19H,12H2. The zero-order chi connectivity index (χ0) is 17.0. The molecular weight excluding hydrogens is 326 g/mol. The molecule has 0 spiro atoms. The molecule has 0 fully saturated rings. The van der Waals surface area contributed by atoms with Gasteiger partial charge in [0.1, 0.15) is 0 Å². The second-order valence-corrected chi connectivity index (χ2v) is 6.55. The van der Waals surface area contributed by atoms with E-state index in [4.69, 9.17) is 9.68 Å². The zero-order valence-corrected chi connectivity index (χ0v) is 13.3. The number of rotatable bonds is 5. The Kier molecular flexibility index (Phi) is 4.42. The number of oxazole rings is 1. The van der Waals surface area contributed by atoms with Gasteiger partial charge in [-0.2, -0.15) is 15.0 Å². The SMILES string of the molecule is N#CCNS(=O)(=O)c1nc(-c2ccccc2)oc1-c1ccccc1. The second kappa shape index (κ2) is 6.66. The van der Waals surface area contributed by atoms with Crippen LogP contribution in [0.1, 0.15) is 0 Å². The zero-order valence-electron chi connectivity index (χ0n) is 12.5. The van der Waals surface area contributed by atoms with E-state index in [-0.39, 0.29) is 23.2 Å². The summed E-state index contributed by atoms with van der Waals surface area (Å²) in [5, 5.41) is 8.39. The first kappa shape index (κ1) is 15.9. The lowest BCUT2D eigenvalue weighted by Crippen LogP contribution is -2.24. The molecule has 2 aromatic carbocycles. The number of nitrogens with one attached hydrogen (secondary N) is 1. The smallest absolute Gasteiger partial charge is 0.262 e. The van der Waals surface area contributed by atoms with Gasteiger partial charge >= 0.3 is 0 Å². The van der Waals surface area contributed by atoms with Crippen LogP contribution in [-0.2, 0) is 10.0 Å². The van der Waals surface area contributed by atoms with Crippen molar-refractivity contribution in [1.82, 2.24) is 9.71 Å². The van der Waals surface area contributed by atoms with E-state index in [9.17, 15) is 8.42 Å². The molecule has 0 saturated carbocycles. The fourth-order valence-electron chi connectivity index (χ4n) is 2.16. The summed E-state index contributed by atoms with van der Waals surface area (Å²) >= 11 is 0. The maximum atomic E-state index is 12.4. The van der Waals surface area contributed by atoms with Gasteiger partial charge in [0.15, 0.2) is 5.76 Å². The number of hydrogen-bond acceptors (Lipinski definition) is 5. The molecule has 0 radical (unpaired) electrons. The predicted molar refractivity (Wildman–Crippen MR) is 88.2 cm³/mol. The van der Waals surface area contributed by atoms with Crippen LogP contribution in [0.2, 0.25) is 0 Å². The average molecular weight is 339 g/mol. The number of sulfonamides is 1. The third kappa shape index (κ3) is 3.20. The summed E-state index contributed by atoms with van der Waals surface area (Å²) in [5.41, 5.74) is 1.25. The van der Waals surface area contributed by atoms with Crippen LogP contribution in [-0.4, -0.2) is 19.9 Å². The van der Waals surface area contributed by atoms with Gasteiger partial charge in [-0.3, -0.25) is 0 Å². The van der Waals surface area contributed by atoms with Crippen molar-refractivity contribution in [3.8, 4) is 28.8 Å². The highest BCUT2D eigenvalue weighted by Gasteiger charge is 2.27. The Morgan fingerprint density at radius 2 is 1.58 bits per heavy atom. The van der Waals surface area contributed by atoms with E-state index >= 15 is 0 Å². The topological polar surface area (TPSA) is 96.0 Å². The fraction of sp³-hybridized carbons (Fsp3) is 0.0588. The lowest BCUT2D eigenvalue weighted by Gasteiger charge is -2.02. The number of benzene rings is 2. The van der Waals surface area contributed by atoms with Crippen LogP contribution in [0, 0.1) is 11.3 Å². The molecule has 0 bridgehead atoms. The quantitative estimate of drug-likeness (QED) is 0.721. The van der Waals surface area contributed by atoms with Crippen LogP contribution in [0.25, 0.3) is 22.8 Å². The third-order valence-electron chi connectivity index (χ3n) is 3.25.